The van der Waals surface area contributed by atoms with Gasteiger partial charge in [0.15, 0.2) is 4.32 Å². The number of rotatable bonds is 2. The summed E-state index contributed by atoms with van der Waals surface area (Å²) in [5.74, 6) is -0.0910. The van der Waals surface area contributed by atoms with Crippen LogP contribution in [0.15, 0.2) is 41.3 Å². The van der Waals surface area contributed by atoms with Crippen LogP contribution in [0.5, 0.6) is 0 Å². The lowest BCUT2D eigenvalue weighted by molar-refractivity contribution is -0.113. The Morgan fingerprint density at radius 3 is 2.25 bits per heavy atom. The van der Waals surface area contributed by atoms with E-state index < -0.39 is 0 Å². The van der Waals surface area contributed by atoms with Crippen molar-refractivity contribution < 1.29 is 4.79 Å². The molecule has 0 spiro atoms. The normalized spacial score (nSPS) is 16.3. The summed E-state index contributed by atoms with van der Waals surface area (Å²) in [6.07, 6.45) is 1.94. The summed E-state index contributed by atoms with van der Waals surface area (Å²) in [6, 6.07) is 11.4. The molecule has 122 valence electrons. The van der Waals surface area contributed by atoms with Crippen molar-refractivity contribution in [3.05, 3.63) is 68.6 Å². The van der Waals surface area contributed by atoms with Crippen molar-refractivity contribution in [1.29, 1.82) is 0 Å². The van der Waals surface area contributed by atoms with E-state index in [4.69, 9.17) is 23.8 Å². The van der Waals surface area contributed by atoms with Crippen molar-refractivity contribution in [1.82, 2.24) is 0 Å². The number of amides is 1. The molecule has 2 nitrogen and oxygen atoms in total. The second-order valence-corrected chi connectivity index (χ2v) is 7.92. The van der Waals surface area contributed by atoms with E-state index in [9.17, 15) is 4.79 Å². The molecule has 0 bridgehead atoms. The molecule has 1 aliphatic heterocycles. The Kier molecular flexibility index (Phi) is 4.81. The van der Waals surface area contributed by atoms with Gasteiger partial charge in [0.2, 0.25) is 0 Å². The highest BCUT2D eigenvalue weighted by atomic mass is 35.5. The summed E-state index contributed by atoms with van der Waals surface area (Å²) in [6.45, 7) is 6.20. The number of thioether (sulfide) groups is 1. The first-order chi connectivity index (χ1) is 11.4. The average Bonchev–Trinajstić information content (AvgIpc) is 2.78. The van der Waals surface area contributed by atoms with Crippen molar-refractivity contribution in [3.8, 4) is 0 Å². The van der Waals surface area contributed by atoms with E-state index >= 15 is 0 Å². The Morgan fingerprint density at radius 2 is 1.67 bits per heavy atom. The van der Waals surface area contributed by atoms with Crippen LogP contribution in [-0.4, -0.2) is 10.2 Å². The second kappa shape index (κ2) is 6.71. The van der Waals surface area contributed by atoms with Crippen LogP contribution in [0.3, 0.4) is 0 Å². The third kappa shape index (κ3) is 3.27. The number of carbonyl (C=O) groups excluding carboxylic acids is 1. The molecule has 1 heterocycles. The maximum absolute atomic E-state index is 12.8. The molecular weight excluding hydrogens is 358 g/mol. The topological polar surface area (TPSA) is 20.3 Å². The van der Waals surface area contributed by atoms with Crippen LogP contribution < -0.4 is 4.90 Å². The molecule has 24 heavy (non-hydrogen) atoms. The van der Waals surface area contributed by atoms with Crippen LogP contribution in [0.1, 0.15) is 22.3 Å². The van der Waals surface area contributed by atoms with E-state index in [1.165, 1.54) is 17.3 Å². The van der Waals surface area contributed by atoms with Gasteiger partial charge in [-0.25, -0.2) is 0 Å². The number of anilines is 1. The fourth-order valence-corrected chi connectivity index (χ4v) is 4.24. The van der Waals surface area contributed by atoms with E-state index in [0.717, 1.165) is 22.4 Å². The maximum atomic E-state index is 12.8. The molecule has 2 aromatic rings. The lowest BCUT2D eigenvalue weighted by atomic mass is 9.99. The highest BCUT2D eigenvalue weighted by molar-refractivity contribution is 8.27. The molecule has 1 fully saturated rings. The zero-order valence-electron chi connectivity index (χ0n) is 13.6. The number of hydrogen-bond acceptors (Lipinski definition) is 3. The fraction of sp³-hybridized carbons (Fsp3) is 0.158. The number of hydrogen-bond donors (Lipinski definition) is 0. The Bertz CT molecular complexity index is 848. The zero-order chi connectivity index (χ0) is 17.4. The smallest absolute Gasteiger partial charge is 0.268 e. The van der Waals surface area contributed by atoms with Gasteiger partial charge >= 0.3 is 0 Å². The number of carbonyl (C=O) groups is 1. The number of nitrogens with zero attached hydrogens (tertiary/aromatic N) is 1. The van der Waals surface area contributed by atoms with Gasteiger partial charge < -0.3 is 0 Å². The summed E-state index contributed by atoms with van der Waals surface area (Å²) in [5.41, 5.74) is 5.35. The summed E-state index contributed by atoms with van der Waals surface area (Å²) < 4.78 is 0.538. The van der Waals surface area contributed by atoms with Crippen LogP contribution in [-0.2, 0) is 4.79 Å². The second-order valence-electron chi connectivity index (χ2n) is 5.81. The van der Waals surface area contributed by atoms with Gasteiger partial charge in [-0.05, 0) is 67.8 Å². The van der Waals surface area contributed by atoms with Crippen molar-refractivity contribution in [3.63, 3.8) is 0 Å². The molecule has 0 N–H and O–H groups in total. The van der Waals surface area contributed by atoms with Crippen LogP contribution in [0.4, 0.5) is 5.69 Å². The molecule has 2 aromatic carbocycles. The van der Waals surface area contributed by atoms with Crippen LogP contribution >= 0.6 is 35.6 Å². The molecule has 3 rings (SSSR count). The summed E-state index contributed by atoms with van der Waals surface area (Å²) in [4.78, 5) is 15.0. The number of thiocarbonyl (C=S) groups is 1. The molecule has 0 aliphatic carbocycles. The minimum atomic E-state index is -0.0910. The predicted octanol–water partition coefficient (Wildman–Crippen LogP) is 5.67. The molecule has 1 saturated heterocycles. The summed E-state index contributed by atoms with van der Waals surface area (Å²) >= 11 is 12.7. The van der Waals surface area contributed by atoms with Crippen molar-refractivity contribution in [2.75, 3.05) is 4.90 Å². The minimum Gasteiger partial charge on any atom is -0.268 e. The quantitative estimate of drug-likeness (QED) is 0.499. The standard InChI is InChI=1S/C19H16ClNOS2/c1-11-8-12(2)16(13(3)9-11)10-17-18(22)21(19(23)24-17)15-6-4-14(20)5-7-15/h4-10H,1-3H3. The minimum absolute atomic E-state index is 0.0910. The van der Waals surface area contributed by atoms with Gasteiger partial charge in [-0.1, -0.05) is 53.3 Å². The summed E-state index contributed by atoms with van der Waals surface area (Å²) in [7, 11) is 0. The Hall–Kier alpha value is -1.62. The highest BCUT2D eigenvalue weighted by Crippen LogP contribution is 2.37. The molecule has 1 amide bonds. The molecule has 1 aliphatic rings. The Balaban J connectivity index is 1.99. The van der Waals surface area contributed by atoms with Gasteiger partial charge in [0.25, 0.3) is 5.91 Å². The zero-order valence-corrected chi connectivity index (χ0v) is 16.0. The molecule has 0 radical (unpaired) electrons. The van der Waals surface area contributed by atoms with Gasteiger partial charge in [-0.2, -0.15) is 0 Å². The molecule has 0 aromatic heterocycles. The Labute approximate surface area is 156 Å². The lowest BCUT2D eigenvalue weighted by Gasteiger charge is -2.14. The SMILES string of the molecule is Cc1cc(C)c(C=C2SC(=S)N(c3ccc(Cl)cc3)C2=O)c(C)c1. The van der Waals surface area contributed by atoms with Crippen molar-refractivity contribution >= 4 is 57.6 Å². The van der Waals surface area contributed by atoms with E-state index in [1.807, 2.05) is 6.08 Å². The molecule has 0 unspecified atom stereocenters. The van der Waals surface area contributed by atoms with Gasteiger partial charge in [-0.15, -0.1) is 0 Å². The molecular formula is C19H16ClNOS2. The number of aryl methyl sites for hydroxylation is 3. The third-order valence-electron chi connectivity index (χ3n) is 3.89. The lowest BCUT2D eigenvalue weighted by Crippen LogP contribution is -2.27. The van der Waals surface area contributed by atoms with Gasteiger partial charge in [0.05, 0.1) is 10.6 Å². The van der Waals surface area contributed by atoms with E-state index in [2.05, 4.69) is 32.9 Å². The van der Waals surface area contributed by atoms with Crippen LogP contribution in [0.2, 0.25) is 5.02 Å². The first kappa shape index (κ1) is 17.2. The first-order valence-corrected chi connectivity index (χ1v) is 9.08. The third-order valence-corrected chi connectivity index (χ3v) is 5.45. The van der Waals surface area contributed by atoms with Crippen LogP contribution in [0, 0.1) is 20.8 Å². The fourth-order valence-electron chi connectivity index (χ4n) is 2.83. The Morgan fingerprint density at radius 1 is 1.08 bits per heavy atom. The van der Waals surface area contributed by atoms with E-state index in [-0.39, 0.29) is 5.91 Å². The van der Waals surface area contributed by atoms with Crippen molar-refractivity contribution in [2.45, 2.75) is 20.8 Å². The number of benzene rings is 2. The van der Waals surface area contributed by atoms with Crippen LogP contribution in [0.25, 0.3) is 6.08 Å². The average molecular weight is 374 g/mol. The van der Waals surface area contributed by atoms with E-state index in [1.54, 1.807) is 29.2 Å². The highest BCUT2D eigenvalue weighted by Gasteiger charge is 2.33. The summed E-state index contributed by atoms with van der Waals surface area (Å²) in [5, 5.41) is 0.630. The van der Waals surface area contributed by atoms with Gasteiger partial charge in [0, 0.05) is 5.02 Å². The molecule has 0 saturated carbocycles. The van der Waals surface area contributed by atoms with E-state index in [0.29, 0.717) is 14.2 Å². The molecule has 5 heteroatoms. The molecule has 0 atom stereocenters. The van der Waals surface area contributed by atoms with Gasteiger partial charge in [0.1, 0.15) is 0 Å². The first-order valence-electron chi connectivity index (χ1n) is 7.48. The largest absolute Gasteiger partial charge is 0.270 e. The monoisotopic (exact) mass is 373 g/mol. The van der Waals surface area contributed by atoms with Gasteiger partial charge in [-0.3, -0.25) is 9.69 Å². The predicted molar refractivity (Wildman–Crippen MR) is 108 cm³/mol. The maximum Gasteiger partial charge on any atom is 0.270 e. The number of halogens is 1. The van der Waals surface area contributed by atoms with Crippen molar-refractivity contribution in [2.24, 2.45) is 0 Å².